The summed E-state index contributed by atoms with van der Waals surface area (Å²) in [6.45, 7) is 0.379. The summed E-state index contributed by atoms with van der Waals surface area (Å²) in [6, 6.07) is 7.34. The Labute approximate surface area is 105 Å². The Bertz CT molecular complexity index is 455. The van der Waals surface area contributed by atoms with Crippen LogP contribution >= 0.6 is 0 Å². The standard InChI is InChI=1S/C13H15NO4/c1-18-10-4-2-9(3-5-10)11-6-7-14(13(16)17)8-12(11)15/h2-5,11H,6-8H2,1H3,(H,16,17). The van der Waals surface area contributed by atoms with E-state index in [0.29, 0.717) is 13.0 Å². The van der Waals surface area contributed by atoms with Crippen LogP contribution in [-0.4, -0.2) is 42.1 Å². The zero-order valence-electron chi connectivity index (χ0n) is 10.1. The second kappa shape index (κ2) is 5.08. The van der Waals surface area contributed by atoms with Gasteiger partial charge >= 0.3 is 6.09 Å². The molecule has 0 saturated carbocycles. The first-order chi connectivity index (χ1) is 8.61. The van der Waals surface area contributed by atoms with E-state index in [2.05, 4.69) is 0 Å². The highest BCUT2D eigenvalue weighted by Gasteiger charge is 2.30. The van der Waals surface area contributed by atoms with Crippen LogP contribution < -0.4 is 4.74 Å². The van der Waals surface area contributed by atoms with Crippen LogP contribution in [0, 0.1) is 0 Å². The van der Waals surface area contributed by atoms with Crippen molar-refractivity contribution >= 4 is 11.9 Å². The summed E-state index contributed by atoms with van der Waals surface area (Å²) < 4.78 is 5.06. The maximum absolute atomic E-state index is 11.9. The van der Waals surface area contributed by atoms with Crippen LogP contribution in [0.5, 0.6) is 5.75 Å². The molecule has 0 aliphatic carbocycles. The van der Waals surface area contributed by atoms with Crippen LogP contribution in [-0.2, 0) is 4.79 Å². The Hall–Kier alpha value is -2.04. The number of Topliss-reactive ketones (excluding diaryl/α,β-unsaturated/α-hetero) is 1. The Balaban J connectivity index is 2.10. The first-order valence-electron chi connectivity index (χ1n) is 5.76. The van der Waals surface area contributed by atoms with Crippen molar-refractivity contribution in [2.45, 2.75) is 12.3 Å². The molecular weight excluding hydrogens is 234 g/mol. The predicted molar refractivity (Wildman–Crippen MR) is 65.0 cm³/mol. The fourth-order valence-electron chi connectivity index (χ4n) is 2.18. The molecule has 1 fully saturated rings. The van der Waals surface area contributed by atoms with Gasteiger partial charge in [-0.1, -0.05) is 12.1 Å². The number of amides is 1. The third kappa shape index (κ3) is 2.45. The monoisotopic (exact) mass is 249 g/mol. The maximum atomic E-state index is 11.9. The number of nitrogens with zero attached hydrogens (tertiary/aromatic N) is 1. The number of rotatable bonds is 2. The zero-order chi connectivity index (χ0) is 13.1. The SMILES string of the molecule is COc1ccc(C2CCN(C(=O)O)CC2=O)cc1. The molecule has 18 heavy (non-hydrogen) atoms. The highest BCUT2D eigenvalue weighted by Crippen LogP contribution is 2.26. The summed E-state index contributed by atoms with van der Waals surface area (Å²) in [5.41, 5.74) is 0.922. The minimum absolute atomic E-state index is 0.0218. The highest BCUT2D eigenvalue weighted by atomic mass is 16.5. The van der Waals surface area contributed by atoms with Crippen molar-refractivity contribution < 1.29 is 19.4 Å². The van der Waals surface area contributed by atoms with Crippen molar-refractivity contribution in [2.24, 2.45) is 0 Å². The van der Waals surface area contributed by atoms with Gasteiger partial charge in [-0.25, -0.2) is 4.79 Å². The van der Waals surface area contributed by atoms with Crippen molar-refractivity contribution in [3.8, 4) is 5.75 Å². The van der Waals surface area contributed by atoms with Gasteiger partial charge in [0, 0.05) is 12.5 Å². The molecule has 1 aliphatic rings. The molecule has 96 valence electrons. The van der Waals surface area contributed by atoms with E-state index in [9.17, 15) is 9.59 Å². The first-order valence-corrected chi connectivity index (χ1v) is 5.76. The van der Waals surface area contributed by atoms with Crippen molar-refractivity contribution in [3.63, 3.8) is 0 Å². The molecule has 5 heteroatoms. The molecule has 5 nitrogen and oxygen atoms in total. The Morgan fingerprint density at radius 2 is 2.06 bits per heavy atom. The van der Waals surface area contributed by atoms with E-state index in [1.807, 2.05) is 24.3 Å². The van der Waals surface area contributed by atoms with Gasteiger partial charge in [-0.3, -0.25) is 4.79 Å². The van der Waals surface area contributed by atoms with Crippen molar-refractivity contribution in [2.75, 3.05) is 20.2 Å². The van der Waals surface area contributed by atoms with Gasteiger partial charge in [-0.2, -0.15) is 0 Å². The lowest BCUT2D eigenvalue weighted by Gasteiger charge is -2.29. The number of carbonyl (C=O) groups excluding carboxylic acids is 1. The molecule has 0 bridgehead atoms. The van der Waals surface area contributed by atoms with Gasteiger partial charge in [0.1, 0.15) is 5.75 Å². The largest absolute Gasteiger partial charge is 0.497 e. The number of hydrogen-bond donors (Lipinski definition) is 1. The fraction of sp³-hybridized carbons (Fsp3) is 0.385. The average molecular weight is 249 g/mol. The number of benzene rings is 1. The number of hydrogen-bond acceptors (Lipinski definition) is 3. The quantitative estimate of drug-likeness (QED) is 0.866. The zero-order valence-corrected chi connectivity index (χ0v) is 10.1. The minimum atomic E-state index is -1.03. The lowest BCUT2D eigenvalue weighted by molar-refractivity contribution is -0.123. The molecule has 1 N–H and O–H groups in total. The molecular formula is C13H15NO4. The van der Waals surface area contributed by atoms with Crippen molar-refractivity contribution in [1.82, 2.24) is 4.90 Å². The highest BCUT2D eigenvalue weighted by molar-refractivity contribution is 5.90. The first kappa shape index (κ1) is 12.4. The Morgan fingerprint density at radius 1 is 1.39 bits per heavy atom. The minimum Gasteiger partial charge on any atom is -0.497 e. The van der Waals surface area contributed by atoms with Crippen molar-refractivity contribution in [1.29, 1.82) is 0 Å². The number of likely N-dealkylation sites (tertiary alicyclic amines) is 1. The molecule has 1 unspecified atom stereocenters. The number of carboxylic acid groups (broad SMARTS) is 1. The third-order valence-electron chi connectivity index (χ3n) is 3.21. The van der Waals surface area contributed by atoms with Gasteiger partial charge in [-0.15, -0.1) is 0 Å². The van der Waals surface area contributed by atoms with Crippen LogP contribution in [0.1, 0.15) is 17.9 Å². The number of carbonyl (C=O) groups is 2. The van der Waals surface area contributed by atoms with Gasteiger partial charge < -0.3 is 14.7 Å². The normalized spacial score (nSPS) is 19.7. The van der Waals surface area contributed by atoms with Gasteiger partial charge in [0.15, 0.2) is 5.78 Å². The fourth-order valence-corrected chi connectivity index (χ4v) is 2.18. The van der Waals surface area contributed by atoms with E-state index in [0.717, 1.165) is 16.2 Å². The van der Waals surface area contributed by atoms with Crippen LogP contribution in [0.25, 0.3) is 0 Å². The van der Waals surface area contributed by atoms with Gasteiger partial charge in [0.2, 0.25) is 0 Å². The van der Waals surface area contributed by atoms with E-state index >= 15 is 0 Å². The van der Waals surface area contributed by atoms with Gasteiger partial charge in [0.25, 0.3) is 0 Å². The molecule has 1 saturated heterocycles. The number of ketones is 1. The average Bonchev–Trinajstić information content (AvgIpc) is 2.38. The Morgan fingerprint density at radius 3 is 2.56 bits per heavy atom. The second-order valence-corrected chi connectivity index (χ2v) is 4.28. The summed E-state index contributed by atoms with van der Waals surface area (Å²) in [6.07, 6.45) is -0.492. The van der Waals surface area contributed by atoms with Crippen molar-refractivity contribution in [3.05, 3.63) is 29.8 Å². The van der Waals surface area contributed by atoms with Gasteiger partial charge in [-0.05, 0) is 24.1 Å². The molecule has 0 spiro atoms. The van der Waals surface area contributed by atoms with E-state index < -0.39 is 6.09 Å². The molecule has 0 radical (unpaired) electrons. The summed E-state index contributed by atoms with van der Waals surface area (Å²) in [5, 5.41) is 8.84. The molecule has 1 aliphatic heterocycles. The lowest BCUT2D eigenvalue weighted by atomic mass is 9.88. The summed E-state index contributed by atoms with van der Waals surface area (Å²) in [5.74, 6) is 0.495. The second-order valence-electron chi connectivity index (χ2n) is 4.28. The van der Waals surface area contributed by atoms with Gasteiger partial charge in [0.05, 0.1) is 13.7 Å². The third-order valence-corrected chi connectivity index (χ3v) is 3.21. The molecule has 1 atom stereocenters. The van der Waals surface area contributed by atoms with Crippen LogP contribution in [0.2, 0.25) is 0 Å². The molecule has 2 rings (SSSR count). The molecule has 1 heterocycles. The molecule has 1 aromatic carbocycles. The van der Waals surface area contributed by atoms with E-state index in [1.165, 1.54) is 0 Å². The molecule has 1 amide bonds. The van der Waals surface area contributed by atoms with E-state index in [1.54, 1.807) is 7.11 Å². The van der Waals surface area contributed by atoms with E-state index in [-0.39, 0.29) is 18.2 Å². The van der Waals surface area contributed by atoms with Crippen LogP contribution in [0.15, 0.2) is 24.3 Å². The smallest absolute Gasteiger partial charge is 0.407 e. The predicted octanol–water partition coefficient (Wildman–Crippen LogP) is 1.73. The van der Waals surface area contributed by atoms with Crippen LogP contribution in [0.4, 0.5) is 4.79 Å². The summed E-state index contributed by atoms with van der Waals surface area (Å²) >= 11 is 0. The lowest BCUT2D eigenvalue weighted by Crippen LogP contribution is -2.42. The molecule has 1 aromatic rings. The molecule has 0 aromatic heterocycles. The maximum Gasteiger partial charge on any atom is 0.407 e. The number of methoxy groups -OCH3 is 1. The summed E-state index contributed by atoms with van der Waals surface area (Å²) in [7, 11) is 1.59. The van der Waals surface area contributed by atoms with E-state index in [4.69, 9.17) is 9.84 Å². The van der Waals surface area contributed by atoms with Crippen LogP contribution in [0.3, 0.4) is 0 Å². The topological polar surface area (TPSA) is 66.8 Å². The summed E-state index contributed by atoms with van der Waals surface area (Å²) in [4.78, 5) is 23.9. The number of ether oxygens (including phenoxy) is 1. The Kier molecular flexibility index (Phi) is 3.50. The number of piperidine rings is 1.